The highest BCUT2D eigenvalue weighted by Gasteiger charge is 2.26. The molecule has 0 spiro atoms. The number of nitrogens with two attached hydrogens (primary N) is 1. The van der Waals surface area contributed by atoms with Gasteiger partial charge in [-0.3, -0.25) is 0 Å². The van der Waals surface area contributed by atoms with Crippen LogP contribution >= 0.6 is 0 Å². The molecule has 6 heteroatoms. The van der Waals surface area contributed by atoms with Crippen molar-refractivity contribution in [1.82, 2.24) is 14.5 Å². The summed E-state index contributed by atoms with van der Waals surface area (Å²) in [7, 11) is 0. The minimum atomic E-state index is -0.439. The largest absolute Gasteiger partial charge is 0.462 e. The van der Waals surface area contributed by atoms with Gasteiger partial charge in [0.05, 0.1) is 17.6 Å². The molecular weight excluding hydrogens is 304 g/mol. The van der Waals surface area contributed by atoms with Crippen molar-refractivity contribution in [2.45, 2.75) is 39.7 Å². The third-order valence-corrected chi connectivity index (χ3v) is 4.21. The summed E-state index contributed by atoms with van der Waals surface area (Å²) in [4.78, 5) is 21.9. The zero-order chi connectivity index (χ0) is 17.3. The van der Waals surface area contributed by atoms with Crippen molar-refractivity contribution in [1.29, 1.82) is 0 Å². The average molecular weight is 326 g/mol. The lowest BCUT2D eigenvalue weighted by Crippen LogP contribution is -2.12. The molecule has 0 amide bonds. The summed E-state index contributed by atoms with van der Waals surface area (Å²) in [6, 6.07) is 7.70. The van der Waals surface area contributed by atoms with Gasteiger partial charge in [-0.05, 0) is 31.9 Å². The van der Waals surface area contributed by atoms with Crippen LogP contribution < -0.4 is 5.73 Å². The van der Waals surface area contributed by atoms with E-state index in [2.05, 4.69) is 11.9 Å². The number of carbonyl (C=O) groups excluding carboxylic acids is 1. The second kappa shape index (κ2) is 6.47. The summed E-state index contributed by atoms with van der Waals surface area (Å²) in [5, 5.41) is 0. The number of benzene rings is 1. The fourth-order valence-corrected chi connectivity index (χ4v) is 2.78. The number of carbonyl (C=O) groups is 1. The van der Waals surface area contributed by atoms with Gasteiger partial charge in [0.2, 0.25) is 0 Å². The van der Waals surface area contributed by atoms with E-state index in [0.717, 1.165) is 23.9 Å². The average Bonchev–Trinajstić information content (AvgIpc) is 2.88. The van der Waals surface area contributed by atoms with E-state index in [9.17, 15) is 4.79 Å². The molecule has 2 N–H and O–H groups in total. The van der Waals surface area contributed by atoms with Gasteiger partial charge < -0.3 is 15.0 Å². The van der Waals surface area contributed by atoms with Gasteiger partial charge in [0.25, 0.3) is 0 Å². The second-order valence-electron chi connectivity index (χ2n) is 5.91. The van der Waals surface area contributed by atoms with Crippen LogP contribution in [0.1, 0.15) is 50.0 Å². The van der Waals surface area contributed by atoms with Gasteiger partial charge in [0, 0.05) is 6.04 Å². The van der Waals surface area contributed by atoms with E-state index < -0.39 is 5.97 Å². The molecule has 3 rings (SSSR count). The van der Waals surface area contributed by atoms with Gasteiger partial charge >= 0.3 is 5.97 Å². The third kappa shape index (κ3) is 2.58. The van der Waals surface area contributed by atoms with Crippen LogP contribution in [0, 0.1) is 0 Å². The summed E-state index contributed by atoms with van der Waals surface area (Å²) in [6.45, 7) is 6.43. The quantitative estimate of drug-likeness (QED) is 0.723. The molecule has 0 aliphatic rings. The molecule has 0 unspecified atom stereocenters. The maximum atomic E-state index is 12.5. The molecule has 2 aromatic heterocycles. The zero-order valence-corrected chi connectivity index (χ0v) is 14.2. The van der Waals surface area contributed by atoms with E-state index in [1.165, 1.54) is 0 Å². The van der Waals surface area contributed by atoms with E-state index in [1.54, 1.807) is 0 Å². The molecule has 1 atom stereocenters. The van der Waals surface area contributed by atoms with Crippen molar-refractivity contribution in [2.24, 2.45) is 0 Å². The number of aromatic nitrogens is 3. The number of rotatable bonds is 5. The van der Waals surface area contributed by atoms with Crippen LogP contribution in [0.4, 0.5) is 5.82 Å². The summed E-state index contributed by atoms with van der Waals surface area (Å²) >= 11 is 0. The van der Waals surface area contributed by atoms with E-state index >= 15 is 0 Å². The van der Waals surface area contributed by atoms with E-state index in [4.69, 9.17) is 15.5 Å². The lowest BCUT2D eigenvalue weighted by Gasteiger charge is -2.14. The Labute approximate surface area is 140 Å². The van der Waals surface area contributed by atoms with Crippen LogP contribution in [0.15, 0.2) is 24.3 Å². The lowest BCUT2D eigenvalue weighted by atomic mass is 10.2. The fraction of sp³-hybridized carbons (Fsp3) is 0.389. The molecule has 1 aromatic carbocycles. The third-order valence-electron chi connectivity index (χ3n) is 4.21. The van der Waals surface area contributed by atoms with Gasteiger partial charge in [-0.15, -0.1) is 0 Å². The molecule has 0 aliphatic heterocycles. The van der Waals surface area contributed by atoms with E-state index in [0.29, 0.717) is 29.2 Å². The molecule has 0 radical (unpaired) electrons. The first-order chi connectivity index (χ1) is 11.6. The zero-order valence-electron chi connectivity index (χ0n) is 14.2. The maximum Gasteiger partial charge on any atom is 0.344 e. The monoisotopic (exact) mass is 326 g/mol. The van der Waals surface area contributed by atoms with Crippen LogP contribution in [0.5, 0.6) is 0 Å². The van der Waals surface area contributed by atoms with Crippen LogP contribution in [0.3, 0.4) is 0 Å². The second-order valence-corrected chi connectivity index (χ2v) is 5.91. The Morgan fingerprint density at radius 2 is 1.92 bits per heavy atom. The number of anilines is 1. The van der Waals surface area contributed by atoms with Crippen LogP contribution in [0.2, 0.25) is 0 Å². The fourth-order valence-electron chi connectivity index (χ4n) is 2.78. The van der Waals surface area contributed by atoms with Crippen molar-refractivity contribution in [3.8, 4) is 0 Å². The smallest absolute Gasteiger partial charge is 0.344 e. The number of hydrogen-bond acceptors (Lipinski definition) is 5. The van der Waals surface area contributed by atoms with E-state index in [-0.39, 0.29) is 6.04 Å². The highest BCUT2D eigenvalue weighted by molar-refractivity contribution is 6.08. The molecule has 0 saturated heterocycles. The predicted octanol–water partition coefficient (Wildman–Crippen LogP) is 3.70. The van der Waals surface area contributed by atoms with Crippen molar-refractivity contribution >= 4 is 34.0 Å². The normalized spacial score (nSPS) is 12.6. The predicted molar refractivity (Wildman–Crippen MR) is 95.0 cm³/mol. The number of esters is 1. The Kier molecular flexibility index (Phi) is 4.38. The molecule has 24 heavy (non-hydrogen) atoms. The standard InChI is InChI=1S/C18H22N4O2/c1-4-10-24-18(23)14-15-17(22(16(14)19)11(3)5-2)21-13-9-7-6-8-12(13)20-15/h6-9,11H,4-5,10,19H2,1-3H3/t11-/m1/s1. The Bertz CT molecular complexity index is 901. The van der Waals surface area contributed by atoms with Gasteiger partial charge in [-0.25, -0.2) is 14.8 Å². The van der Waals surface area contributed by atoms with Crippen LogP contribution in [0.25, 0.3) is 22.2 Å². The lowest BCUT2D eigenvalue weighted by molar-refractivity contribution is 0.0508. The molecule has 3 aromatic rings. The molecular formula is C18H22N4O2. The summed E-state index contributed by atoms with van der Waals surface area (Å²) < 4.78 is 7.19. The molecule has 0 bridgehead atoms. The Morgan fingerprint density at radius 1 is 1.25 bits per heavy atom. The first-order valence-electron chi connectivity index (χ1n) is 8.31. The maximum absolute atomic E-state index is 12.5. The number of para-hydroxylation sites is 2. The van der Waals surface area contributed by atoms with Crippen LogP contribution in [-0.4, -0.2) is 27.1 Å². The summed E-state index contributed by atoms with van der Waals surface area (Å²) in [5.74, 6) is -0.0678. The SMILES string of the molecule is CCCOC(=O)c1c(N)n([C@H](C)CC)c2nc3ccccc3nc12. The Balaban J connectivity index is 2.31. The van der Waals surface area contributed by atoms with Crippen LogP contribution in [-0.2, 0) is 4.74 Å². The van der Waals surface area contributed by atoms with Crippen molar-refractivity contribution in [2.75, 3.05) is 12.3 Å². The first-order valence-corrected chi connectivity index (χ1v) is 8.31. The summed E-state index contributed by atoms with van der Waals surface area (Å²) in [6.07, 6.45) is 1.62. The van der Waals surface area contributed by atoms with Gasteiger partial charge in [-0.2, -0.15) is 0 Å². The van der Waals surface area contributed by atoms with Gasteiger partial charge in [0.1, 0.15) is 16.9 Å². The van der Waals surface area contributed by atoms with E-state index in [1.807, 2.05) is 42.7 Å². The number of fused-ring (bicyclic) bond motifs is 2. The Hall–Kier alpha value is -2.63. The van der Waals surface area contributed by atoms with Gasteiger partial charge in [-0.1, -0.05) is 26.0 Å². The first kappa shape index (κ1) is 16.2. The number of nitrogen functional groups attached to an aromatic ring is 1. The molecule has 2 heterocycles. The highest BCUT2D eigenvalue weighted by atomic mass is 16.5. The molecule has 0 aliphatic carbocycles. The number of nitrogens with zero attached hydrogens (tertiary/aromatic N) is 3. The van der Waals surface area contributed by atoms with Crippen molar-refractivity contribution in [3.05, 3.63) is 29.8 Å². The van der Waals surface area contributed by atoms with Gasteiger partial charge in [0.15, 0.2) is 5.65 Å². The molecule has 0 saturated carbocycles. The van der Waals surface area contributed by atoms with Crippen molar-refractivity contribution < 1.29 is 9.53 Å². The molecule has 6 nitrogen and oxygen atoms in total. The minimum absolute atomic E-state index is 0.107. The minimum Gasteiger partial charge on any atom is -0.462 e. The number of ether oxygens (including phenoxy) is 1. The molecule has 0 fully saturated rings. The highest BCUT2D eigenvalue weighted by Crippen LogP contribution is 2.32. The summed E-state index contributed by atoms with van der Waals surface area (Å²) in [5.41, 5.74) is 9.27. The van der Waals surface area contributed by atoms with Crippen molar-refractivity contribution in [3.63, 3.8) is 0 Å². The Morgan fingerprint density at radius 3 is 2.54 bits per heavy atom. The molecule has 126 valence electrons. The topological polar surface area (TPSA) is 83.0 Å². The number of hydrogen-bond donors (Lipinski definition) is 1.